The van der Waals surface area contributed by atoms with Gasteiger partial charge in [-0.2, -0.15) is 0 Å². The molecule has 0 aliphatic carbocycles. The summed E-state index contributed by atoms with van der Waals surface area (Å²) in [6.45, 7) is 0.520. The SMILES string of the molecule is COc1cccc(NCC2CCC(=O)NC2=O)c1. The Balaban J connectivity index is 1.91. The molecule has 1 aliphatic heterocycles. The second-order valence-corrected chi connectivity index (χ2v) is 4.26. The normalized spacial score (nSPS) is 19.3. The lowest BCUT2D eigenvalue weighted by Gasteiger charge is -2.21. The molecule has 0 spiro atoms. The van der Waals surface area contributed by atoms with E-state index in [-0.39, 0.29) is 17.7 Å². The first-order chi connectivity index (χ1) is 8.69. The highest BCUT2D eigenvalue weighted by atomic mass is 16.5. The lowest BCUT2D eigenvalue weighted by atomic mass is 9.98. The highest BCUT2D eigenvalue weighted by Crippen LogP contribution is 2.18. The molecule has 5 heteroatoms. The molecule has 1 aliphatic rings. The van der Waals surface area contributed by atoms with E-state index in [1.165, 1.54) is 0 Å². The maximum atomic E-state index is 11.6. The van der Waals surface area contributed by atoms with Crippen LogP contribution in [-0.4, -0.2) is 25.5 Å². The van der Waals surface area contributed by atoms with E-state index in [0.29, 0.717) is 19.4 Å². The van der Waals surface area contributed by atoms with Crippen LogP contribution in [0.2, 0.25) is 0 Å². The summed E-state index contributed by atoms with van der Waals surface area (Å²) in [5.74, 6) is 0.233. The van der Waals surface area contributed by atoms with Gasteiger partial charge in [0.2, 0.25) is 11.8 Å². The molecule has 1 heterocycles. The van der Waals surface area contributed by atoms with E-state index < -0.39 is 0 Å². The van der Waals surface area contributed by atoms with Crippen LogP contribution in [0.25, 0.3) is 0 Å². The Hall–Kier alpha value is -2.04. The summed E-state index contributed by atoms with van der Waals surface area (Å²) in [4.78, 5) is 22.6. The van der Waals surface area contributed by atoms with E-state index >= 15 is 0 Å². The van der Waals surface area contributed by atoms with Crippen LogP contribution in [0.15, 0.2) is 24.3 Å². The lowest BCUT2D eigenvalue weighted by Crippen LogP contribution is -2.43. The van der Waals surface area contributed by atoms with Gasteiger partial charge in [-0.1, -0.05) is 6.07 Å². The number of methoxy groups -OCH3 is 1. The molecule has 2 rings (SSSR count). The van der Waals surface area contributed by atoms with Gasteiger partial charge in [0, 0.05) is 24.7 Å². The summed E-state index contributed by atoms with van der Waals surface area (Å²) < 4.78 is 5.12. The Morgan fingerprint density at radius 1 is 1.44 bits per heavy atom. The van der Waals surface area contributed by atoms with Crippen LogP contribution >= 0.6 is 0 Å². The Morgan fingerprint density at radius 2 is 2.28 bits per heavy atom. The lowest BCUT2D eigenvalue weighted by molar-refractivity contribution is -0.135. The molecular weight excluding hydrogens is 232 g/mol. The largest absolute Gasteiger partial charge is 0.497 e. The van der Waals surface area contributed by atoms with Crippen molar-refractivity contribution in [2.75, 3.05) is 19.0 Å². The molecular formula is C13H16N2O3. The smallest absolute Gasteiger partial charge is 0.231 e. The zero-order valence-corrected chi connectivity index (χ0v) is 10.2. The first-order valence-electron chi connectivity index (χ1n) is 5.90. The number of carbonyl (C=O) groups excluding carboxylic acids is 2. The van der Waals surface area contributed by atoms with Gasteiger partial charge in [-0.05, 0) is 18.6 Å². The van der Waals surface area contributed by atoms with Crippen molar-refractivity contribution in [1.29, 1.82) is 0 Å². The van der Waals surface area contributed by atoms with Crippen LogP contribution in [0.5, 0.6) is 5.75 Å². The molecule has 1 atom stereocenters. The van der Waals surface area contributed by atoms with E-state index in [1.54, 1.807) is 7.11 Å². The number of hydrogen-bond acceptors (Lipinski definition) is 4. The number of nitrogens with one attached hydrogen (secondary N) is 2. The van der Waals surface area contributed by atoms with Gasteiger partial charge >= 0.3 is 0 Å². The summed E-state index contributed by atoms with van der Waals surface area (Å²) in [7, 11) is 1.61. The summed E-state index contributed by atoms with van der Waals surface area (Å²) in [6, 6.07) is 7.52. The number of ether oxygens (including phenoxy) is 1. The van der Waals surface area contributed by atoms with Crippen molar-refractivity contribution in [3.63, 3.8) is 0 Å². The summed E-state index contributed by atoms with van der Waals surface area (Å²) in [6.07, 6.45) is 1.01. The standard InChI is InChI=1S/C13H16N2O3/c1-18-11-4-2-3-10(7-11)14-8-9-5-6-12(16)15-13(9)17/h2-4,7,9,14H,5-6,8H2,1H3,(H,15,16,17). The Bertz CT molecular complexity index is 459. The molecule has 0 radical (unpaired) electrons. The molecule has 2 N–H and O–H groups in total. The number of benzene rings is 1. The second kappa shape index (κ2) is 5.53. The number of anilines is 1. The van der Waals surface area contributed by atoms with Gasteiger partial charge in [0.25, 0.3) is 0 Å². The Labute approximate surface area is 106 Å². The van der Waals surface area contributed by atoms with Gasteiger partial charge in [-0.15, -0.1) is 0 Å². The average Bonchev–Trinajstić information content (AvgIpc) is 2.38. The summed E-state index contributed by atoms with van der Waals surface area (Å²) in [5, 5.41) is 5.53. The molecule has 5 nitrogen and oxygen atoms in total. The molecule has 1 fully saturated rings. The number of imide groups is 1. The van der Waals surface area contributed by atoms with Gasteiger partial charge in [0.1, 0.15) is 5.75 Å². The van der Waals surface area contributed by atoms with E-state index in [4.69, 9.17) is 4.74 Å². The predicted molar refractivity (Wildman–Crippen MR) is 67.4 cm³/mol. The molecule has 1 aromatic carbocycles. The van der Waals surface area contributed by atoms with Crippen LogP contribution in [0, 0.1) is 5.92 Å². The molecule has 1 saturated heterocycles. The molecule has 2 amide bonds. The van der Waals surface area contributed by atoms with Crippen molar-refractivity contribution in [3.05, 3.63) is 24.3 Å². The molecule has 1 unspecified atom stereocenters. The van der Waals surface area contributed by atoms with Crippen molar-refractivity contribution in [2.24, 2.45) is 5.92 Å². The molecule has 0 saturated carbocycles. The van der Waals surface area contributed by atoms with Crippen molar-refractivity contribution in [3.8, 4) is 5.75 Å². The highest BCUT2D eigenvalue weighted by Gasteiger charge is 2.25. The monoisotopic (exact) mass is 248 g/mol. The van der Waals surface area contributed by atoms with Gasteiger partial charge < -0.3 is 10.1 Å². The molecule has 18 heavy (non-hydrogen) atoms. The van der Waals surface area contributed by atoms with Crippen LogP contribution in [-0.2, 0) is 9.59 Å². The van der Waals surface area contributed by atoms with Crippen molar-refractivity contribution in [2.45, 2.75) is 12.8 Å². The predicted octanol–water partition coefficient (Wildman–Crippen LogP) is 1.16. The number of piperidine rings is 1. The van der Waals surface area contributed by atoms with E-state index in [9.17, 15) is 9.59 Å². The fourth-order valence-electron chi connectivity index (χ4n) is 1.91. The van der Waals surface area contributed by atoms with Gasteiger partial charge in [-0.3, -0.25) is 14.9 Å². The minimum Gasteiger partial charge on any atom is -0.497 e. The molecule has 0 bridgehead atoms. The summed E-state index contributed by atoms with van der Waals surface area (Å²) >= 11 is 0. The zero-order chi connectivity index (χ0) is 13.0. The summed E-state index contributed by atoms with van der Waals surface area (Å²) in [5.41, 5.74) is 0.902. The minimum atomic E-state index is -0.193. The van der Waals surface area contributed by atoms with E-state index in [2.05, 4.69) is 10.6 Å². The highest BCUT2D eigenvalue weighted by molar-refractivity contribution is 5.98. The number of rotatable bonds is 4. The van der Waals surface area contributed by atoms with Gasteiger partial charge in [0.15, 0.2) is 0 Å². The first-order valence-corrected chi connectivity index (χ1v) is 5.90. The molecule has 96 valence electrons. The maximum Gasteiger partial charge on any atom is 0.231 e. The number of carbonyl (C=O) groups is 2. The molecule has 1 aromatic rings. The Morgan fingerprint density at radius 3 is 3.00 bits per heavy atom. The zero-order valence-electron chi connectivity index (χ0n) is 10.2. The fraction of sp³-hybridized carbons (Fsp3) is 0.385. The van der Waals surface area contributed by atoms with Gasteiger partial charge in [-0.25, -0.2) is 0 Å². The third-order valence-electron chi connectivity index (χ3n) is 2.98. The third kappa shape index (κ3) is 3.00. The van der Waals surface area contributed by atoms with Crippen molar-refractivity contribution >= 4 is 17.5 Å². The minimum absolute atomic E-state index is 0.158. The third-order valence-corrected chi connectivity index (χ3v) is 2.98. The first kappa shape index (κ1) is 12.4. The molecule has 0 aromatic heterocycles. The fourth-order valence-corrected chi connectivity index (χ4v) is 1.91. The van der Waals surface area contributed by atoms with E-state index in [1.807, 2.05) is 24.3 Å². The van der Waals surface area contributed by atoms with Crippen LogP contribution in [0.4, 0.5) is 5.69 Å². The quantitative estimate of drug-likeness (QED) is 0.785. The number of amides is 2. The van der Waals surface area contributed by atoms with Gasteiger partial charge in [0.05, 0.1) is 13.0 Å². The maximum absolute atomic E-state index is 11.6. The van der Waals surface area contributed by atoms with Crippen molar-refractivity contribution < 1.29 is 14.3 Å². The van der Waals surface area contributed by atoms with Crippen LogP contribution < -0.4 is 15.4 Å². The van der Waals surface area contributed by atoms with Crippen LogP contribution in [0.1, 0.15) is 12.8 Å². The van der Waals surface area contributed by atoms with Crippen LogP contribution in [0.3, 0.4) is 0 Å². The average molecular weight is 248 g/mol. The van der Waals surface area contributed by atoms with E-state index in [0.717, 1.165) is 11.4 Å². The number of hydrogen-bond donors (Lipinski definition) is 2. The van der Waals surface area contributed by atoms with Crippen molar-refractivity contribution in [1.82, 2.24) is 5.32 Å². The topological polar surface area (TPSA) is 67.4 Å². The second-order valence-electron chi connectivity index (χ2n) is 4.26. The Kier molecular flexibility index (Phi) is 3.82.